The lowest BCUT2D eigenvalue weighted by molar-refractivity contribution is 0.0908. The maximum atomic E-state index is 12.2. The molecule has 0 unspecified atom stereocenters. The molecule has 0 radical (unpaired) electrons. The predicted octanol–water partition coefficient (Wildman–Crippen LogP) is 2.54. The lowest BCUT2D eigenvalue weighted by Crippen LogP contribution is -2.43. The first-order valence-electron chi connectivity index (χ1n) is 6.64. The number of carbonyl (C=O) groups excluding carboxylic acids is 1. The molecule has 0 spiro atoms. The van der Waals surface area contributed by atoms with E-state index in [0.717, 1.165) is 17.7 Å². The zero-order chi connectivity index (χ0) is 13.7. The lowest BCUT2D eigenvalue weighted by Gasteiger charge is -2.24. The minimum atomic E-state index is -0.0399. The average molecular weight is 277 g/mol. The Morgan fingerprint density at radius 2 is 2.26 bits per heavy atom. The van der Waals surface area contributed by atoms with Crippen molar-refractivity contribution in [3.63, 3.8) is 0 Å². The van der Waals surface area contributed by atoms with E-state index in [1.165, 1.54) is 24.2 Å². The second-order valence-corrected chi connectivity index (χ2v) is 6.11. The molecular formula is C15H19NO2S. The minimum Gasteiger partial charge on any atom is -0.395 e. The number of rotatable bonds is 3. The molecule has 1 fully saturated rings. The first-order valence-corrected chi connectivity index (χ1v) is 7.52. The van der Waals surface area contributed by atoms with Gasteiger partial charge in [0.1, 0.15) is 0 Å². The molecule has 1 saturated carbocycles. The van der Waals surface area contributed by atoms with Gasteiger partial charge in [0, 0.05) is 17.3 Å². The van der Waals surface area contributed by atoms with Gasteiger partial charge in [-0.05, 0) is 25.8 Å². The molecule has 1 aromatic rings. The van der Waals surface area contributed by atoms with Crippen LogP contribution in [0.3, 0.4) is 0 Å². The highest BCUT2D eigenvalue weighted by Crippen LogP contribution is 2.29. The van der Waals surface area contributed by atoms with Crippen molar-refractivity contribution in [1.82, 2.24) is 5.32 Å². The molecule has 0 saturated heterocycles. The summed E-state index contributed by atoms with van der Waals surface area (Å²) in [5.41, 5.74) is 0.647. The second kappa shape index (κ2) is 6.23. The number of aliphatic hydroxyl groups is 1. The molecule has 2 rings (SSSR count). The van der Waals surface area contributed by atoms with Gasteiger partial charge in [-0.2, -0.15) is 0 Å². The van der Waals surface area contributed by atoms with Crippen LogP contribution in [0.4, 0.5) is 0 Å². The summed E-state index contributed by atoms with van der Waals surface area (Å²) in [5, 5.41) is 13.6. The summed E-state index contributed by atoms with van der Waals surface area (Å²) < 4.78 is 0. The lowest BCUT2D eigenvalue weighted by atomic mass is 10.0. The number of amides is 1. The number of aliphatic hydroxyl groups excluding tert-OH is 1. The summed E-state index contributed by atoms with van der Waals surface area (Å²) in [6.45, 7) is 2.19. The molecule has 4 heteroatoms. The summed E-state index contributed by atoms with van der Waals surface area (Å²) in [5.74, 6) is 5.81. The fourth-order valence-corrected chi connectivity index (χ4v) is 3.11. The summed E-state index contributed by atoms with van der Waals surface area (Å²) in [7, 11) is 0. The largest absolute Gasteiger partial charge is 0.395 e. The van der Waals surface area contributed by atoms with Gasteiger partial charge in [0.2, 0.25) is 0 Å². The van der Waals surface area contributed by atoms with Gasteiger partial charge in [-0.3, -0.25) is 4.79 Å². The van der Waals surface area contributed by atoms with E-state index in [1.807, 2.05) is 11.4 Å². The van der Waals surface area contributed by atoms with E-state index < -0.39 is 0 Å². The van der Waals surface area contributed by atoms with E-state index >= 15 is 0 Å². The monoisotopic (exact) mass is 277 g/mol. The van der Waals surface area contributed by atoms with E-state index in [1.54, 1.807) is 0 Å². The Balaban J connectivity index is 1.98. The van der Waals surface area contributed by atoms with Crippen molar-refractivity contribution in [2.45, 2.75) is 44.6 Å². The first kappa shape index (κ1) is 14.1. The minimum absolute atomic E-state index is 0.00384. The van der Waals surface area contributed by atoms with E-state index in [0.29, 0.717) is 12.0 Å². The van der Waals surface area contributed by atoms with Gasteiger partial charge >= 0.3 is 0 Å². The number of thiophene rings is 1. The van der Waals surface area contributed by atoms with Crippen LogP contribution in [0, 0.1) is 11.8 Å². The number of hydrogen-bond acceptors (Lipinski definition) is 3. The van der Waals surface area contributed by atoms with Crippen LogP contribution < -0.4 is 5.32 Å². The third-order valence-electron chi connectivity index (χ3n) is 3.43. The molecule has 1 aliphatic carbocycles. The van der Waals surface area contributed by atoms with E-state index in [9.17, 15) is 4.79 Å². The van der Waals surface area contributed by atoms with Crippen molar-refractivity contribution in [3.8, 4) is 11.8 Å². The molecule has 0 bridgehead atoms. The van der Waals surface area contributed by atoms with Gasteiger partial charge in [0.25, 0.3) is 5.91 Å². The van der Waals surface area contributed by atoms with Gasteiger partial charge < -0.3 is 10.4 Å². The van der Waals surface area contributed by atoms with Gasteiger partial charge in [0.15, 0.2) is 0 Å². The molecule has 1 heterocycles. The van der Waals surface area contributed by atoms with Crippen LogP contribution in [0.25, 0.3) is 0 Å². The van der Waals surface area contributed by atoms with Crippen molar-refractivity contribution >= 4 is 17.2 Å². The SMILES string of the molecule is CC1(NC(=O)c2csc(C#CCCO)c2)CCCC1. The summed E-state index contributed by atoms with van der Waals surface area (Å²) in [6, 6.07) is 1.82. The summed E-state index contributed by atoms with van der Waals surface area (Å²) in [6.07, 6.45) is 4.98. The van der Waals surface area contributed by atoms with Gasteiger partial charge in [-0.25, -0.2) is 0 Å². The molecule has 2 N–H and O–H groups in total. The fourth-order valence-electron chi connectivity index (χ4n) is 2.35. The Bertz CT molecular complexity index is 504. The average Bonchev–Trinajstić information content (AvgIpc) is 2.99. The van der Waals surface area contributed by atoms with Crippen LogP contribution in [-0.4, -0.2) is 23.2 Å². The Kier molecular flexibility index (Phi) is 4.62. The van der Waals surface area contributed by atoms with Crippen molar-refractivity contribution in [1.29, 1.82) is 0 Å². The van der Waals surface area contributed by atoms with Crippen LogP contribution in [0.1, 0.15) is 54.3 Å². The zero-order valence-electron chi connectivity index (χ0n) is 11.2. The zero-order valence-corrected chi connectivity index (χ0v) is 12.0. The van der Waals surface area contributed by atoms with Gasteiger partial charge in [-0.15, -0.1) is 11.3 Å². The second-order valence-electron chi connectivity index (χ2n) is 5.20. The number of nitrogens with one attached hydrogen (secondary N) is 1. The summed E-state index contributed by atoms with van der Waals surface area (Å²) >= 11 is 1.47. The number of carbonyl (C=O) groups is 1. The maximum absolute atomic E-state index is 12.2. The molecule has 0 aliphatic heterocycles. The summed E-state index contributed by atoms with van der Waals surface area (Å²) in [4.78, 5) is 13.0. The maximum Gasteiger partial charge on any atom is 0.252 e. The normalized spacial score (nSPS) is 16.7. The molecule has 19 heavy (non-hydrogen) atoms. The van der Waals surface area contributed by atoms with Crippen LogP contribution in [-0.2, 0) is 0 Å². The third kappa shape index (κ3) is 3.82. The Hall–Kier alpha value is -1.31. The van der Waals surface area contributed by atoms with Crippen molar-refractivity contribution in [3.05, 3.63) is 21.9 Å². The van der Waals surface area contributed by atoms with Crippen molar-refractivity contribution in [2.24, 2.45) is 0 Å². The van der Waals surface area contributed by atoms with Crippen molar-refractivity contribution in [2.75, 3.05) is 6.61 Å². The molecule has 0 aromatic carbocycles. The molecular weight excluding hydrogens is 258 g/mol. The molecule has 1 aromatic heterocycles. The van der Waals surface area contributed by atoms with Gasteiger partial charge in [0.05, 0.1) is 17.0 Å². The highest BCUT2D eigenvalue weighted by Gasteiger charge is 2.30. The predicted molar refractivity (Wildman–Crippen MR) is 77.2 cm³/mol. The fraction of sp³-hybridized carbons (Fsp3) is 0.533. The van der Waals surface area contributed by atoms with E-state index in [2.05, 4.69) is 24.1 Å². The highest BCUT2D eigenvalue weighted by molar-refractivity contribution is 7.10. The molecule has 3 nitrogen and oxygen atoms in total. The van der Waals surface area contributed by atoms with E-state index in [4.69, 9.17) is 5.11 Å². The van der Waals surface area contributed by atoms with Gasteiger partial charge in [-0.1, -0.05) is 24.7 Å². The molecule has 0 atom stereocenters. The van der Waals surface area contributed by atoms with Crippen LogP contribution in [0.2, 0.25) is 0 Å². The van der Waals surface area contributed by atoms with E-state index in [-0.39, 0.29) is 18.1 Å². The Morgan fingerprint density at radius 3 is 2.95 bits per heavy atom. The third-order valence-corrected chi connectivity index (χ3v) is 4.28. The Labute approximate surface area is 118 Å². The smallest absolute Gasteiger partial charge is 0.252 e. The molecule has 1 amide bonds. The standard InChI is InChI=1S/C15H19NO2S/c1-15(7-3-4-8-15)16-14(18)12-10-13(19-11-12)6-2-5-9-17/h10-11,17H,3-5,7-9H2,1H3,(H,16,18). The van der Waals surface area contributed by atoms with Crippen LogP contribution in [0.15, 0.2) is 11.4 Å². The van der Waals surface area contributed by atoms with Crippen molar-refractivity contribution < 1.29 is 9.90 Å². The topological polar surface area (TPSA) is 49.3 Å². The molecule has 1 aliphatic rings. The van der Waals surface area contributed by atoms with Crippen LogP contribution >= 0.6 is 11.3 Å². The van der Waals surface area contributed by atoms with Crippen LogP contribution in [0.5, 0.6) is 0 Å². The molecule has 102 valence electrons. The Morgan fingerprint density at radius 1 is 1.53 bits per heavy atom. The highest BCUT2D eigenvalue weighted by atomic mass is 32.1. The number of hydrogen-bond donors (Lipinski definition) is 2. The first-order chi connectivity index (χ1) is 9.13. The quantitative estimate of drug-likeness (QED) is 0.834.